The molecule has 0 aliphatic rings. The summed E-state index contributed by atoms with van der Waals surface area (Å²) < 4.78 is 0. The highest BCUT2D eigenvalue weighted by Crippen LogP contribution is 2.27. The maximum atomic E-state index is 11.1. The van der Waals surface area contributed by atoms with Crippen LogP contribution in [0, 0.1) is 0 Å². The van der Waals surface area contributed by atoms with E-state index in [1.165, 1.54) is 29.2 Å². The number of Topliss-reactive ketones (excluding diaryl/α,β-unsaturated/α-hetero) is 1. The Balaban J connectivity index is 0.000000304. The van der Waals surface area contributed by atoms with Crippen LogP contribution in [0.4, 0.5) is 0 Å². The number of halogens is 1. The quantitative estimate of drug-likeness (QED) is 0.151. The molecule has 0 bridgehead atoms. The normalized spacial score (nSPS) is 11.0. The molecule has 210 valence electrons. The predicted molar refractivity (Wildman–Crippen MR) is 171 cm³/mol. The number of carbonyl (C=O) groups excluding carboxylic acids is 1. The van der Waals surface area contributed by atoms with Gasteiger partial charge in [-0.1, -0.05) is 103 Å². The van der Waals surface area contributed by atoms with Gasteiger partial charge in [-0.2, -0.15) is 0 Å². The van der Waals surface area contributed by atoms with Crippen LogP contribution in [-0.4, -0.2) is 17.4 Å². The molecule has 0 amide bonds. The maximum absolute atomic E-state index is 11.1. The highest BCUT2D eigenvalue weighted by Gasteiger charge is 2.14. The number of phenols is 1. The van der Waals surface area contributed by atoms with Gasteiger partial charge in [0.1, 0.15) is 5.75 Å². The fourth-order valence-electron chi connectivity index (χ4n) is 4.48. The average Bonchev–Trinajstić information content (AvgIpc) is 2.96. The van der Waals surface area contributed by atoms with Crippen LogP contribution in [0.3, 0.4) is 0 Å². The number of hydrogen-bond acceptors (Lipinski definition) is 3. The highest BCUT2D eigenvalue weighted by atomic mass is 35.5. The lowest BCUT2D eigenvalue weighted by atomic mass is 9.88. The largest absolute Gasteiger partial charge is 0.508 e. The zero-order valence-electron chi connectivity index (χ0n) is 24.0. The summed E-state index contributed by atoms with van der Waals surface area (Å²) in [5.41, 5.74) is 6.75. The minimum atomic E-state index is 0. The van der Waals surface area contributed by atoms with Crippen LogP contribution in [0.2, 0.25) is 0 Å². The van der Waals surface area contributed by atoms with Gasteiger partial charge in [0.25, 0.3) is 0 Å². The summed E-state index contributed by atoms with van der Waals surface area (Å²) in [5, 5.41) is 13.3. The summed E-state index contributed by atoms with van der Waals surface area (Å²) in [5.74, 6) is 0.703. The second kappa shape index (κ2) is 17.1. The third-order valence-corrected chi connectivity index (χ3v) is 6.80. The fourth-order valence-corrected chi connectivity index (χ4v) is 4.48. The Morgan fingerprint density at radius 3 is 1.75 bits per heavy atom. The minimum absolute atomic E-state index is 0. The summed E-state index contributed by atoms with van der Waals surface area (Å²) in [6.07, 6.45) is 3.78. The van der Waals surface area contributed by atoms with Crippen LogP contribution >= 0.6 is 12.4 Å². The maximum Gasteiger partial charge on any atom is 0.159 e. The number of benzene rings is 4. The van der Waals surface area contributed by atoms with Gasteiger partial charge in [-0.3, -0.25) is 4.79 Å². The molecule has 0 aliphatic carbocycles. The van der Waals surface area contributed by atoms with Crippen LogP contribution < -0.4 is 5.32 Å². The predicted octanol–water partition coefficient (Wildman–Crippen LogP) is 9.08. The number of carbonyl (C=O) groups is 1. The summed E-state index contributed by atoms with van der Waals surface area (Å²) in [7, 11) is 0. The van der Waals surface area contributed by atoms with Crippen molar-refractivity contribution in [1.29, 1.82) is 0 Å². The van der Waals surface area contributed by atoms with Crippen LogP contribution in [-0.2, 0) is 6.42 Å². The van der Waals surface area contributed by atoms with Gasteiger partial charge in [0.2, 0.25) is 0 Å². The molecule has 4 heteroatoms. The van der Waals surface area contributed by atoms with E-state index in [0.717, 1.165) is 18.5 Å². The molecule has 4 aromatic rings. The van der Waals surface area contributed by atoms with Crippen LogP contribution in [0.15, 0.2) is 121 Å². The zero-order valence-corrected chi connectivity index (χ0v) is 24.8. The molecule has 0 saturated heterocycles. The van der Waals surface area contributed by atoms with Crippen LogP contribution in [0.25, 0.3) is 0 Å². The molecule has 4 aromatic carbocycles. The van der Waals surface area contributed by atoms with Crippen molar-refractivity contribution in [3.63, 3.8) is 0 Å². The number of nitrogens with one attached hydrogen (secondary N) is 1. The van der Waals surface area contributed by atoms with E-state index in [0.29, 0.717) is 23.9 Å². The van der Waals surface area contributed by atoms with Gasteiger partial charge in [-0.05, 0) is 87.5 Å². The third-order valence-electron chi connectivity index (χ3n) is 6.80. The van der Waals surface area contributed by atoms with E-state index in [1.807, 2.05) is 19.9 Å². The van der Waals surface area contributed by atoms with E-state index >= 15 is 0 Å². The Hall–Kier alpha value is -3.66. The van der Waals surface area contributed by atoms with Crippen molar-refractivity contribution in [3.8, 4) is 5.75 Å². The molecule has 40 heavy (non-hydrogen) atoms. The molecule has 3 nitrogen and oxygen atoms in total. The summed E-state index contributed by atoms with van der Waals surface area (Å²) >= 11 is 0. The molecule has 0 radical (unpaired) electrons. The topological polar surface area (TPSA) is 49.3 Å². The lowest BCUT2D eigenvalue weighted by Crippen LogP contribution is -2.21. The first-order valence-corrected chi connectivity index (χ1v) is 13.7. The standard InChI is InChI=1S/C23H25N.C13H16O2.ClH/c1-19(20-11-5-2-6-12-20)24-18-17-23(21-13-7-3-8-14-21)22-15-9-4-10-16-22;1-9(2)4-5-12-8-11(10(3)14)6-7-13(12)15;/h2-16,19,23-24H,17-18H2,1H3;4,6-8,15H,5H2,1-3H3;1H. The van der Waals surface area contributed by atoms with Crippen LogP contribution in [0.1, 0.15) is 78.7 Å². The Morgan fingerprint density at radius 2 is 1.27 bits per heavy atom. The molecule has 4 rings (SSSR count). The molecule has 0 aromatic heterocycles. The fraction of sp³-hybridized carbons (Fsp3) is 0.250. The van der Waals surface area contributed by atoms with Gasteiger partial charge in [0, 0.05) is 17.5 Å². The van der Waals surface area contributed by atoms with Crippen molar-refractivity contribution in [2.45, 2.75) is 52.5 Å². The Kier molecular flexibility index (Phi) is 13.9. The highest BCUT2D eigenvalue weighted by molar-refractivity contribution is 5.94. The molecule has 1 unspecified atom stereocenters. The minimum Gasteiger partial charge on any atom is -0.508 e. The smallest absolute Gasteiger partial charge is 0.159 e. The van der Waals surface area contributed by atoms with Crippen molar-refractivity contribution in [2.24, 2.45) is 0 Å². The molecule has 0 heterocycles. The molecule has 0 aliphatic heterocycles. The molecule has 0 spiro atoms. The second-order valence-corrected chi connectivity index (χ2v) is 10.1. The van der Waals surface area contributed by atoms with E-state index in [9.17, 15) is 9.90 Å². The number of allylic oxidation sites excluding steroid dienone is 2. The van der Waals surface area contributed by atoms with Gasteiger partial charge in [0.15, 0.2) is 5.78 Å². The first kappa shape index (κ1) is 32.6. The van der Waals surface area contributed by atoms with Crippen molar-refractivity contribution < 1.29 is 9.90 Å². The molecule has 0 saturated carbocycles. The molecular weight excluding hydrogens is 514 g/mol. The molecule has 1 atom stereocenters. The van der Waals surface area contributed by atoms with Crippen molar-refractivity contribution in [2.75, 3.05) is 6.54 Å². The number of phenolic OH excluding ortho intramolecular Hbond substituents is 1. The molecular formula is C36H42ClNO2. The lowest BCUT2D eigenvalue weighted by Gasteiger charge is -2.20. The van der Waals surface area contributed by atoms with E-state index < -0.39 is 0 Å². The van der Waals surface area contributed by atoms with Gasteiger partial charge in [-0.25, -0.2) is 0 Å². The van der Waals surface area contributed by atoms with E-state index in [4.69, 9.17) is 0 Å². The summed E-state index contributed by atoms with van der Waals surface area (Å²) in [6.45, 7) is 8.76. The SMILES string of the molecule is CC(=O)c1ccc(O)c(CC=C(C)C)c1.CC(NCCC(c1ccccc1)c1ccccc1)c1ccccc1.Cl. The average molecular weight is 556 g/mol. The van der Waals surface area contributed by atoms with E-state index in [-0.39, 0.29) is 23.9 Å². The van der Waals surface area contributed by atoms with Crippen molar-refractivity contribution >= 4 is 18.2 Å². The summed E-state index contributed by atoms with van der Waals surface area (Å²) in [4.78, 5) is 11.1. The number of rotatable bonds is 10. The first-order valence-electron chi connectivity index (χ1n) is 13.7. The lowest BCUT2D eigenvalue weighted by molar-refractivity contribution is 0.101. The van der Waals surface area contributed by atoms with Crippen LogP contribution in [0.5, 0.6) is 5.75 Å². The van der Waals surface area contributed by atoms with E-state index in [2.05, 4.69) is 103 Å². The van der Waals surface area contributed by atoms with Gasteiger partial charge in [-0.15, -0.1) is 12.4 Å². The van der Waals surface area contributed by atoms with Crippen molar-refractivity contribution in [1.82, 2.24) is 5.32 Å². The van der Waals surface area contributed by atoms with Gasteiger partial charge >= 0.3 is 0 Å². The number of aromatic hydroxyl groups is 1. The number of ketones is 1. The second-order valence-electron chi connectivity index (χ2n) is 10.1. The Bertz CT molecular complexity index is 1280. The number of hydrogen-bond donors (Lipinski definition) is 2. The van der Waals surface area contributed by atoms with E-state index in [1.54, 1.807) is 18.2 Å². The van der Waals surface area contributed by atoms with Gasteiger partial charge < -0.3 is 10.4 Å². The van der Waals surface area contributed by atoms with Crippen molar-refractivity contribution in [3.05, 3.63) is 149 Å². The zero-order chi connectivity index (χ0) is 28.0. The van der Waals surface area contributed by atoms with Gasteiger partial charge in [0.05, 0.1) is 0 Å². The molecule has 2 N–H and O–H groups in total. The Morgan fingerprint density at radius 1 is 0.775 bits per heavy atom. The summed E-state index contributed by atoms with van der Waals surface area (Å²) in [6, 6.07) is 37.6. The molecule has 0 fully saturated rings. The Labute approximate surface area is 246 Å². The first-order chi connectivity index (χ1) is 18.8. The monoisotopic (exact) mass is 555 g/mol. The third kappa shape index (κ3) is 10.5.